The summed E-state index contributed by atoms with van der Waals surface area (Å²) in [4.78, 5) is 49.3. The van der Waals surface area contributed by atoms with Crippen molar-refractivity contribution in [1.82, 2.24) is 0 Å². The standard InChI is InChI=1S/C30H47NO11/c1-9-11-19(5)38-28(35)41-24-14-13-23(15-25(24)42-29(36)39-20(6)12-10-2)16-30(31,26(32)33)21(7)22(8)40-27(34)37-17-18(3)4/h13-15,18-22H,9-12,16-17,31H2,1-8H3,(H,32,33)/t19?,20?,21-,22+,30-/m1/s1. The number of hydrogen-bond donors (Lipinski definition) is 2. The minimum atomic E-state index is -1.91. The van der Waals surface area contributed by atoms with Crippen LogP contribution in [0.15, 0.2) is 18.2 Å². The fourth-order valence-corrected chi connectivity index (χ4v) is 4.02. The Hall–Kier alpha value is -3.54. The molecule has 1 aromatic carbocycles. The summed E-state index contributed by atoms with van der Waals surface area (Å²) in [7, 11) is 0. The minimum Gasteiger partial charge on any atom is -0.480 e. The molecule has 0 aliphatic heterocycles. The van der Waals surface area contributed by atoms with Gasteiger partial charge in [0.1, 0.15) is 23.9 Å². The van der Waals surface area contributed by atoms with Crippen molar-refractivity contribution in [3.63, 3.8) is 0 Å². The molecule has 0 saturated heterocycles. The molecule has 0 radical (unpaired) electrons. The van der Waals surface area contributed by atoms with E-state index in [2.05, 4.69) is 0 Å². The summed E-state index contributed by atoms with van der Waals surface area (Å²) >= 11 is 0. The first-order valence-corrected chi connectivity index (χ1v) is 14.4. The lowest BCUT2D eigenvalue weighted by atomic mass is 9.78. The van der Waals surface area contributed by atoms with Crippen LogP contribution in [0.5, 0.6) is 11.5 Å². The maximum Gasteiger partial charge on any atom is 0.514 e. The monoisotopic (exact) mass is 597 g/mol. The van der Waals surface area contributed by atoms with E-state index in [0.29, 0.717) is 18.4 Å². The molecule has 42 heavy (non-hydrogen) atoms. The zero-order chi connectivity index (χ0) is 32.0. The van der Waals surface area contributed by atoms with Crippen LogP contribution in [0.4, 0.5) is 14.4 Å². The van der Waals surface area contributed by atoms with Gasteiger partial charge in [0.2, 0.25) is 0 Å². The van der Waals surface area contributed by atoms with E-state index in [4.69, 9.17) is 34.2 Å². The predicted molar refractivity (Wildman–Crippen MR) is 154 cm³/mol. The molecule has 3 N–H and O–H groups in total. The first kappa shape index (κ1) is 36.5. The molecule has 0 fully saturated rings. The first-order chi connectivity index (χ1) is 19.6. The molecule has 2 unspecified atom stereocenters. The number of ether oxygens (including phenoxy) is 6. The van der Waals surface area contributed by atoms with Crippen LogP contribution in [0.3, 0.4) is 0 Å². The number of carboxylic acid groups (broad SMARTS) is 1. The summed E-state index contributed by atoms with van der Waals surface area (Å²) in [6.07, 6.45) is -2.13. The smallest absolute Gasteiger partial charge is 0.480 e. The van der Waals surface area contributed by atoms with Crippen LogP contribution in [0.25, 0.3) is 0 Å². The molecule has 0 aliphatic rings. The van der Waals surface area contributed by atoms with E-state index in [0.717, 1.165) is 12.8 Å². The van der Waals surface area contributed by atoms with Gasteiger partial charge in [0.15, 0.2) is 11.5 Å². The lowest BCUT2D eigenvalue weighted by molar-refractivity contribution is -0.147. The molecule has 12 nitrogen and oxygen atoms in total. The van der Waals surface area contributed by atoms with E-state index in [-0.39, 0.29) is 30.4 Å². The molecule has 0 aliphatic carbocycles. The molecule has 1 rings (SSSR count). The number of benzene rings is 1. The number of rotatable bonds is 16. The van der Waals surface area contributed by atoms with Gasteiger partial charge < -0.3 is 39.3 Å². The zero-order valence-electron chi connectivity index (χ0n) is 26.0. The van der Waals surface area contributed by atoms with Crippen molar-refractivity contribution >= 4 is 24.4 Å². The van der Waals surface area contributed by atoms with Crippen molar-refractivity contribution in [1.29, 1.82) is 0 Å². The average Bonchev–Trinajstić information content (AvgIpc) is 2.88. The van der Waals surface area contributed by atoms with Gasteiger partial charge in [0, 0.05) is 12.3 Å². The normalized spacial score (nSPS) is 15.4. The molecule has 0 spiro atoms. The Morgan fingerprint density at radius 2 is 1.33 bits per heavy atom. The van der Waals surface area contributed by atoms with Crippen molar-refractivity contribution in [3.05, 3.63) is 23.8 Å². The second-order valence-electron chi connectivity index (χ2n) is 11.0. The molecule has 0 bridgehead atoms. The lowest BCUT2D eigenvalue weighted by Gasteiger charge is -2.34. The van der Waals surface area contributed by atoms with E-state index >= 15 is 0 Å². The van der Waals surface area contributed by atoms with Crippen LogP contribution in [-0.4, -0.2) is 60.0 Å². The number of nitrogens with two attached hydrogens (primary N) is 1. The van der Waals surface area contributed by atoms with Gasteiger partial charge >= 0.3 is 24.4 Å². The van der Waals surface area contributed by atoms with Gasteiger partial charge in [-0.15, -0.1) is 0 Å². The van der Waals surface area contributed by atoms with Crippen LogP contribution >= 0.6 is 0 Å². The molecule has 12 heteroatoms. The Balaban J connectivity index is 3.26. The van der Waals surface area contributed by atoms with Gasteiger partial charge in [-0.05, 0) is 57.2 Å². The zero-order valence-corrected chi connectivity index (χ0v) is 26.0. The Labute approximate surface area is 248 Å². The minimum absolute atomic E-state index is 0.0926. The molecular formula is C30H47NO11. The van der Waals surface area contributed by atoms with E-state index in [1.807, 2.05) is 27.7 Å². The molecular weight excluding hydrogens is 550 g/mol. The van der Waals surface area contributed by atoms with Gasteiger partial charge in [-0.2, -0.15) is 0 Å². The summed E-state index contributed by atoms with van der Waals surface area (Å²) in [6.45, 7) is 14.3. The topological polar surface area (TPSA) is 170 Å². The molecule has 5 atom stereocenters. The maximum absolute atomic E-state index is 12.5. The summed E-state index contributed by atoms with van der Waals surface area (Å²) in [5.74, 6) is -2.46. The van der Waals surface area contributed by atoms with Gasteiger partial charge in [-0.3, -0.25) is 4.79 Å². The van der Waals surface area contributed by atoms with E-state index in [9.17, 15) is 24.3 Å². The van der Waals surface area contributed by atoms with Crippen LogP contribution in [0, 0.1) is 11.8 Å². The van der Waals surface area contributed by atoms with Crippen molar-refractivity contribution < 1.29 is 52.7 Å². The van der Waals surface area contributed by atoms with Crippen LogP contribution in [-0.2, 0) is 30.2 Å². The highest BCUT2D eigenvalue weighted by Crippen LogP contribution is 2.33. The Morgan fingerprint density at radius 1 is 0.810 bits per heavy atom. The van der Waals surface area contributed by atoms with Crippen molar-refractivity contribution in [2.45, 2.75) is 111 Å². The van der Waals surface area contributed by atoms with Crippen LogP contribution < -0.4 is 15.2 Å². The predicted octanol–water partition coefficient (Wildman–Crippen LogP) is 6.25. The third kappa shape index (κ3) is 12.1. The summed E-state index contributed by atoms with van der Waals surface area (Å²) in [6, 6.07) is 4.16. The fourth-order valence-electron chi connectivity index (χ4n) is 4.02. The number of aliphatic carboxylic acids is 1. The van der Waals surface area contributed by atoms with Crippen molar-refractivity contribution in [2.24, 2.45) is 17.6 Å². The Morgan fingerprint density at radius 3 is 1.81 bits per heavy atom. The molecule has 0 heterocycles. The second kappa shape index (κ2) is 17.4. The second-order valence-corrected chi connectivity index (χ2v) is 11.0. The summed E-state index contributed by atoms with van der Waals surface area (Å²) < 4.78 is 31.5. The Kier molecular flexibility index (Phi) is 15.1. The van der Waals surface area contributed by atoms with Crippen LogP contribution in [0.1, 0.15) is 86.6 Å². The van der Waals surface area contributed by atoms with E-state index in [1.54, 1.807) is 20.8 Å². The SMILES string of the molecule is CCCC(C)OC(=O)Oc1ccc(C[C@](N)(C(=O)O)[C@H](C)[C@H](C)OC(=O)OCC(C)C)cc1OC(=O)OC(C)CCC. The van der Waals surface area contributed by atoms with E-state index < -0.39 is 54.2 Å². The van der Waals surface area contributed by atoms with Crippen molar-refractivity contribution in [3.8, 4) is 11.5 Å². The first-order valence-electron chi connectivity index (χ1n) is 14.4. The van der Waals surface area contributed by atoms with Crippen molar-refractivity contribution in [2.75, 3.05) is 6.61 Å². The highest BCUT2D eigenvalue weighted by atomic mass is 16.8. The summed E-state index contributed by atoms with van der Waals surface area (Å²) in [5.41, 5.74) is 4.82. The number of carbonyl (C=O) groups is 4. The van der Waals surface area contributed by atoms with Gasteiger partial charge in [0.05, 0.1) is 6.61 Å². The van der Waals surface area contributed by atoms with E-state index in [1.165, 1.54) is 25.1 Å². The number of carbonyl (C=O) groups excluding carboxylic acids is 3. The lowest BCUT2D eigenvalue weighted by Crippen LogP contribution is -2.58. The molecule has 238 valence electrons. The third-order valence-electron chi connectivity index (χ3n) is 6.61. The molecule has 0 aromatic heterocycles. The van der Waals surface area contributed by atoms with Gasteiger partial charge in [-0.25, -0.2) is 14.4 Å². The van der Waals surface area contributed by atoms with Gasteiger partial charge in [-0.1, -0.05) is 53.5 Å². The third-order valence-corrected chi connectivity index (χ3v) is 6.61. The highest BCUT2D eigenvalue weighted by Gasteiger charge is 2.44. The maximum atomic E-state index is 12.5. The molecule has 0 saturated carbocycles. The molecule has 1 aromatic rings. The fraction of sp³-hybridized carbons (Fsp3) is 0.667. The number of carboxylic acids is 1. The largest absolute Gasteiger partial charge is 0.514 e. The Bertz CT molecular complexity index is 1040. The summed E-state index contributed by atoms with van der Waals surface area (Å²) in [5, 5.41) is 10.1. The quantitative estimate of drug-likeness (QED) is 0.125. The highest BCUT2D eigenvalue weighted by molar-refractivity contribution is 5.80. The van der Waals surface area contributed by atoms with Crippen LogP contribution in [0.2, 0.25) is 0 Å². The number of hydrogen-bond acceptors (Lipinski definition) is 11. The average molecular weight is 598 g/mol. The molecule has 0 amide bonds. The van der Waals surface area contributed by atoms with Gasteiger partial charge in [0.25, 0.3) is 0 Å².